The summed E-state index contributed by atoms with van der Waals surface area (Å²) in [5.41, 5.74) is 6.64. The summed E-state index contributed by atoms with van der Waals surface area (Å²) < 4.78 is 5.63. The molecule has 0 spiro atoms. The van der Waals surface area contributed by atoms with Crippen molar-refractivity contribution < 1.29 is 9.84 Å². The number of ether oxygens (including phenoxy) is 1. The van der Waals surface area contributed by atoms with Gasteiger partial charge in [-0.05, 0) is 43.5 Å². The predicted molar refractivity (Wildman–Crippen MR) is 80.7 cm³/mol. The average Bonchev–Trinajstić information content (AvgIpc) is 2.92. The minimum Gasteiger partial charge on any atom is -0.491 e. The van der Waals surface area contributed by atoms with E-state index in [1.54, 1.807) is 0 Å². The van der Waals surface area contributed by atoms with Crippen molar-refractivity contribution in [1.82, 2.24) is 4.90 Å². The number of benzene rings is 1. The minimum absolute atomic E-state index is 0.342. The molecule has 3 N–H and O–H groups in total. The maximum Gasteiger partial charge on any atom is 0.119 e. The lowest BCUT2D eigenvalue weighted by Gasteiger charge is -2.25. The summed E-state index contributed by atoms with van der Waals surface area (Å²) >= 11 is 0. The highest BCUT2D eigenvalue weighted by atomic mass is 16.5. The van der Waals surface area contributed by atoms with Crippen LogP contribution in [0, 0.1) is 0 Å². The molecular weight excluding hydrogens is 252 g/mol. The van der Waals surface area contributed by atoms with E-state index in [9.17, 15) is 5.11 Å². The zero-order chi connectivity index (χ0) is 14.4. The lowest BCUT2D eigenvalue weighted by Crippen LogP contribution is -2.38. The minimum atomic E-state index is -0.434. The Morgan fingerprint density at radius 3 is 2.80 bits per heavy atom. The number of rotatable bonds is 7. The van der Waals surface area contributed by atoms with Gasteiger partial charge in [0.1, 0.15) is 18.5 Å². The fourth-order valence-electron chi connectivity index (χ4n) is 2.84. The van der Waals surface area contributed by atoms with E-state index in [0.29, 0.717) is 25.7 Å². The van der Waals surface area contributed by atoms with Gasteiger partial charge in [0.05, 0.1) is 0 Å². The van der Waals surface area contributed by atoms with Gasteiger partial charge in [-0.25, -0.2) is 0 Å². The van der Waals surface area contributed by atoms with E-state index in [4.69, 9.17) is 10.5 Å². The molecule has 2 rings (SSSR count). The SMILES string of the molecule is CCC1CCCN1CC(O)COc1ccc(CN)cc1. The molecule has 0 amide bonds. The summed E-state index contributed by atoms with van der Waals surface area (Å²) in [6, 6.07) is 8.34. The van der Waals surface area contributed by atoms with Crippen LogP contribution in [0.1, 0.15) is 31.7 Å². The monoisotopic (exact) mass is 278 g/mol. The molecule has 1 aliphatic heterocycles. The molecule has 4 nitrogen and oxygen atoms in total. The number of likely N-dealkylation sites (tertiary alicyclic amines) is 1. The molecule has 0 aromatic heterocycles. The molecule has 2 atom stereocenters. The van der Waals surface area contributed by atoms with E-state index in [1.807, 2.05) is 24.3 Å². The first-order valence-corrected chi connectivity index (χ1v) is 7.56. The number of aliphatic hydroxyl groups is 1. The zero-order valence-corrected chi connectivity index (χ0v) is 12.3. The Hall–Kier alpha value is -1.10. The Morgan fingerprint density at radius 2 is 2.15 bits per heavy atom. The van der Waals surface area contributed by atoms with Crippen molar-refractivity contribution in [2.75, 3.05) is 19.7 Å². The summed E-state index contributed by atoms with van der Waals surface area (Å²) in [6.07, 6.45) is 3.22. The van der Waals surface area contributed by atoms with Crippen LogP contribution >= 0.6 is 0 Å². The molecule has 1 saturated heterocycles. The third-order valence-electron chi connectivity index (χ3n) is 4.02. The van der Waals surface area contributed by atoms with Crippen molar-refractivity contribution in [1.29, 1.82) is 0 Å². The van der Waals surface area contributed by atoms with Crippen LogP contribution in [0.15, 0.2) is 24.3 Å². The Bertz CT molecular complexity index is 394. The topological polar surface area (TPSA) is 58.7 Å². The summed E-state index contributed by atoms with van der Waals surface area (Å²) in [7, 11) is 0. The second kappa shape index (κ2) is 7.62. The lowest BCUT2D eigenvalue weighted by atomic mass is 10.1. The highest BCUT2D eigenvalue weighted by Gasteiger charge is 2.24. The first-order valence-electron chi connectivity index (χ1n) is 7.56. The quantitative estimate of drug-likeness (QED) is 0.798. The van der Waals surface area contributed by atoms with Crippen LogP contribution in [-0.4, -0.2) is 41.8 Å². The van der Waals surface area contributed by atoms with Gasteiger partial charge >= 0.3 is 0 Å². The number of β-amino-alcohol motifs (C(OH)–C–C–N with tert-alkyl or cyclic N) is 1. The van der Waals surface area contributed by atoms with Crippen LogP contribution in [0.25, 0.3) is 0 Å². The first-order chi connectivity index (χ1) is 9.72. The molecule has 0 bridgehead atoms. The van der Waals surface area contributed by atoms with Crippen LogP contribution in [0.2, 0.25) is 0 Å². The van der Waals surface area contributed by atoms with Gasteiger partial charge in [0.25, 0.3) is 0 Å². The van der Waals surface area contributed by atoms with Gasteiger partial charge in [0.2, 0.25) is 0 Å². The normalized spacial score (nSPS) is 21.1. The highest BCUT2D eigenvalue weighted by molar-refractivity contribution is 5.27. The van der Waals surface area contributed by atoms with Crippen LogP contribution in [-0.2, 0) is 6.54 Å². The molecule has 0 radical (unpaired) electrons. The molecule has 1 aromatic carbocycles. The molecule has 0 saturated carbocycles. The molecule has 1 heterocycles. The van der Waals surface area contributed by atoms with Crippen LogP contribution < -0.4 is 10.5 Å². The van der Waals surface area contributed by atoms with Gasteiger partial charge in [-0.15, -0.1) is 0 Å². The van der Waals surface area contributed by atoms with Crippen molar-refractivity contribution in [3.63, 3.8) is 0 Å². The zero-order valence-electron chi connectivity index (χ0n) is 12.3. The van der Waals surface area contributed by atoms with Crippen molar-refractivity contribution in [3.05, 3.63) is 29.8 Å². The van der Waals surface area contributed by atoms with Gasteiger partial charge in [0.15, 0.2) is 0 Å². The number of hydrogen-bond acceptors (Lipinski definition) is 4. The van der Waals surface area contributed by atoms with Crippen molar-refractivity contribution in [2.24, 2.45) is 5.73 Å². The number of aliphatic hydroxyl groups excluding tert-OH is 1. The maximum absolute atomic E-state index is 10.1. The fourth-order valence-corrected chi connectivity index (χ4v) is 2.84. The third kappa shape index (κ3) is 4.20. The van der Waals surface area contributed by atoms with Crippen LogP contribution in [0.3, 0.4) is 0 Å². The van der Waals surface area contributed by atoms with Crippen LogP contribution in [0.4, 0.5) is 0 Å². The third-order valence-corrected chi connectivity index (χ3v) is 4.02. The van der Waals surface area contributed by atoms with E-state index in [1.165, 1.54) is 12.8 Å². The molecule has 1 fully saturated rings. The second-order valence-electron chi connectivity index (χ2n) is 5.51. The molecule has 1 aliphatic rings. The molecular formula is C16H26N2O2. The molecule has 2 unspecified atom stereocenters. The van der Waals surface area contributed by atoms with E-state index < -0.39 is 6.10 Å². The average molecular weight is 278 g/mol. The molecule has 4 heteroatoms. The predicted octanol–water partition coefficient (Wildman–Crippen LogP) is 1.76. The molecule has 0 aliphatic carbocycles. The Balaban J connectivity index is 1.75. The summed E-state index contributed by atoms with van der Waals surface area (Å²) in [5, 5.41) is 10.1. The summed E-state index contributed by atoms with van der Waals surface area (Å²) in [5.74, 6) is 0.787. The van der Waals surface area contributed by atoms with Crippen molar-refractivity contribution in [3.8, 4) is 5.75 Å². The highest BCUT2D eigenvalue weighted by Crippen LogP contribution is 2.20. The van der Waals surface area contributed by atoms with E-state index in [-0.39, 0.29) is 0 Å². The summed E-state index contributed by atoms with van der Waals surface area (Å²) in [6.45, 7) is 4.90. The van der Waals surface area contributed by atoms with Gasteiger partial charge < -0.3 is 15.6 Å². The van der Waals surface area contributed by atoms with Gasteiger partial charge in [-0.1, -0.05) is 19.1 Å². The Kier molecular flexibility index (Phi) is 5.83. The summed E-state index contributed by atoms with van der Waals surface area (Å²) in [4.78, 5) is 2.38. The molecule has 20 heavy (non-hydrogen) atoms. The number of nitrogens with two attached hydrogens (primary N) is 1. The number of hydrogen-bond donors (Lipinski definition) is 2. The fraction of sp³-hybridized carbons (Fsp3) is 0.625. The van der Waals surface area contributed by atoms with Crippen LogP contribution in [0.5, 0.6) is 5.75 Å². The smallest absolute Gasteiger partial charge is 0.119 e. The van der Waals surface area contributed by atoms with Crippen molar-refractivity contribution >= 4 is 0 Å². The van der Waals surface area contributed by atoms with E-state index in [0.717, 1.165) is 24.3 Å². The Morgan fingerprint density at radius 1 is 1.40 bits per heavy atom. The molecule has 1 aromatic rings. The van der Waals surface area contributed by atoms with Gasteiger partial charge in [-0.3, -0.25) is 4.90 Å². The van der Waals surface area contributed by atoms with Gasteiger partial charge in [-0.2, -0.15) is 0 Å². The van der Waals surface area contributed by atoms with Gasteiger partial charge in [0, 0.05) is 19.1 Å². The molecule has 112 valence electrons. The standard InChI is InChI=1S/C16H26N2O2/c1-2-14-4-3-9-18(14)11-15(19)12-20-16-7-5-13(10-17)6-8-16/h5-8,14-15,19H,2-4,9-12,17H2,1H3. The lowest BCUT2D eigenvalue weighted by molar-refractivity contribution is 0.0634. The van der Waals surface area contributed by atoms with Crippen molar-refractivity contribution in [2.45, 2.75) is 44.9 Å². The van der Waals surface area contributed by atoms with E-state index >= 15 is 0 Å². The largest absolute Gasteiger partial charge is 0.491 e. The number of nitrogens with zero attached hydrogens (tertiary/aromatic N) is 1. The van der Waals surface area contributed by atoms with E-state index in [2.05, 4.69) is 11.8 Å². The Labute approximate surface area is 121 Å². The first kappa shape index (κ1) is 15.3. The second-order valence-corrected chi connectivity index (χ2v) is 5.51. The maximum atomic E-state index is 10.1.